The summed E-state index contributed by atoms with van der Waals surface area (Å²) in [6, 6.07) is 7.51. The molecule has 1 aromatic carbocycles. The summed E-state index contributed by atoms with van der Waals surface area (Å²) in [4.78, 5) is 18.4. The van der Waals surface area contributed by atoms with Crippen LogP contribution in [0.5, 0.6) is 0 Å². The van der Waals surface area contributed by atoms with Gasteiger partial charge in [0.05, 0.1) is 13.2 Å². The van der Waals surface area contributed by atoms with Gasteiger partial charge in [-0.1, -0.05) is 12.1 Å². The van der Waals surface area contributed by atoms with E-state index in [1.165, 1.54) is 0 Å². The first kappa shape index (κ1) is 12.9. The van der Waals surface area contributed by atoms with Crippen molar-refractivity contribution in [3.63, 3.8) is 0 Å². The first-order valence-electron chi connectivity index (χ1n) is 6.73. The molecule has 1 saturated heterocycles. The van der Waals surface area contributed by atoms with Crippen molar-refractivity contribution in [3.8, 4) is 0 Å². The molecule has 6 nitrogen and oxygen atoms in total. The predicted molar refractivity (Wildman–Crippen MR) is 74.5 cm³/mol. The molecule has 3 rings (SSSR count). The van der Waals surface area contributed by atoms with Crippen LogP contribution < -0.4 is 5.32 Å². The number of para-hydroxylation sites is 2. The van der Waals surface area contributed by atoms with Gasteiger partial charge in [0.15, 0.2) is 5.58 Å². The number of ether oxygens (including phenoxy) is 1. The van der Waals surface area contributed by atoms with Crippen LogP contribution in [0.15, 0.2) is 28.7 Å². The largest absolute Gasteiger partial charge is 0.424 e. The number of benzene rings is 1. The standard InChI is InChI=1S/C14H17N3O3/c1-10(13(18)17-6-8-19-9-7-17)15-14-16-11-4-2-3-5-12(11)20-14/h2-5,10H,6-9H2,1H3,(H,15,16)/t10-/m0/s1. The third-order valence-corrected chi connectivity index (χ3v) is 3.33. The van der Waals surface area contributed by atoms with Crippen LogP contribution in [-0.4, -0.2) is 48.1 Å². The Balaban J connectivity index is 1.68. The van der Waals surface area contributed by atoms with E-state index in [2.05, 4.69) is 10.3 Å². The SMILES string of the molecule is C[C@H](Nc1nc2ccccc2o1)C(=O)N1CCOCC1. The van der Waals surface area contributed by atoms with E-state index >= 15 is 0 Å². The van der Waals surface area contributed by atoms with Gasteiger partial charge < -0.3 is 19.4 Å². The maximum atomic E-state index is 12.3. The third kappa shape index (κ3) is 2.60. The zero-order chi connectivity index (χ0) is 13.9. The summed E-state index contributed by atoms with van der Waals surface area (Å²) in [5.41, 5.74) is 1.49. The maximum absolute atomic E-state index is 12.3. The van der Waals surface area contributed by atoms with Gasteiger partial charge in [-0.05, 0) is 19.1 Å². The molecule has 6 heteroatoms. The topological polar surface area (TPSA) is 67.6 Å². The van der Waals surface area contributed by atoms with Crippen LogP contribution in [0.2, 0.25) is 0 Å². The summed E-state index contributed by atoms with van der Waals surface area (Å²) < 4.78 is 10.8. The zero-order valence-electron chi connectivity index (χ0n) is 11.3. The molecule has 1 aromatic heterocycles. The van der Waals surface area contributed by atoms with E-state index in [1.807, 2.05) is 31.2 Å². The van der Waals surface area contributed by atoms with Crippen LogP contribution in [0.4, 0.5) is 6.01 Å². The Labute approximate surface area is 116 Å². The monoisotopic (exact) mass is 275 g/mol. The Morgan fingerprint density at radius 2 is 2.10 bits per heavy atom. The van der Waals surface area contributed by atoms with Gasteiger partial charge in [-0.15, -0.1) is 0 Å². The summed E-state index contributed by atoms with van der Waals surface area (Å²) in [6.45, 7) is 4.28. The lowest BCUT2D eigenvalue weighted by atomic mass is 10.2. The van der Waals surface area contributed by atoms with Gasteiger partial charge in [0.25, 0.3) is 6.01 Å². The van der Waals surface area contributed by atoms with Crippen molar-refractivity contribution < 1.29 is 13.9 Å². The highest BCUT2D eigenvalue weighted by Gasteiger charge is 2.23. The number of nitrogens with zero attached hydrogens (tertiary/aromatic N) is 2. The van der Waals surface area contributed by atoms with Gasteiger partial charge in [0.1, 0.15) is 11.6 Å². The molecule has 1 fully saturated rings. The minimum absolute atomic E-state index is 0.0376. The Hall–Kier alpha value is -2.08. The molecule has 1 amide bonds. The molecule has 0 saturated carbocycles. The number of rotatable bonds is 3. The number of fused-ring (bicyclic) bond motifs is 1. The summed E-state index contributed by atoms with van der Waals surface area (Å²) in [7, 11) is 0. The summed E-state index contributed by atoms with van der Waals surface area (Å²) in [6.07, 6.45) is 0. The molecule has 0 bridgehead atoms. The smallest absolute Gasteiger partial charge is 0.296 e. The van der Waals surface area contributed by atoms with E-state index in [4.69, 9.17) is 9.15 Å². The van der Waals surface area contributed by atoms with Crippen LogP contribution in [0, 0.1) is 0 Å². The minimum Gasteiger partial charge on any atom is -0.424 e. The molecule has 2 heterocycles. The molecule has 0 unspecified atom stereocenters. The molecule has 1 atom stereocenters. The second kappa shape index (κ2) is 5.50. The molecular formula is C14H17N3O3. The van der Waals surface area contributed by atoms with Crippen molar-refractivity contribution in [2.45, 2.75) is 13.0 Å². The first-order valence-corrected chi connectivity index (χ1v) is 6.73. The fourth-order valence-electron chi connectivity index (χ4n) is 2.24. The predicted octanol–water partition coefficient (Wildman–Crippen LogP) is 1.49. The Morgan fingerprint density at radius 3 is 2.85 bits per heavy atom. The minimum atomic E-state index is -0.374. The number of carbonyl (C=O) groups excluding carboxylic acids is 1. The fourth-order valence-corrected chi connectivity index (χ4v) is 2.24. The van der Waals surface area contributed by atoms with Crippen molar-refractivity contribution in [2.75, 3.05) is 31.6 Å². The van der Waals surface area contributed by atoms with Crippen LogP contribution in [0.1, 0.15) is 6.92 Å². The fraction of sp³-hybridized carbons (Fsp3) is 0.429. The number of nitrogens with one attached hydrogen (secondary N) is 1. The lowest BCUT2D eigenvalue weighted by molar-refractivity contribution is -0.135. The van der Waals surface area contributed by atoms with Crippen molar-refractivity contribution in [1.29, 1.82) is 0 Å². The van der Waals surface area contributed by atoms with Gasteiger partial charge in [-0.25, -0.2) is 0 Å². The van der Waals surface area contributed by atoms with E-state index in [-0.39, 0.29) is 11.9 Å². The van der Waals surface area contributed by atoms with E-state index < -0.39 is 0 Å². The molecule has 1 aliphatic rings. The number of carbonyl (C=O) groups is 1. The quantitative estimate of drug-likeness (QED) is 0.919. The number of hydrogen-bond acceptors (Lipinski definition) is 5. The molecular weight excluding hydrogens is 258 g/mol. The van der Waals surface area contributed by atoms with E-state index in [1.54, 1.807) is 4.90 Å². The number of oxazole rings is 1. The van der Waals surface area contributed by atoms with Crippen molar-refractivity contribution in [3.05, 3.63) is 24.3 Å². The molecule has 2 aromatic rings. The number of amides is 1. The molecule has 0 radical (unpaired) electrons. The molecule has 20 heavy (non-hydrogen) atoms. The third-order valence-electron chi connectivity index (χ3n) is 3.33. The molecule has 106 valence electrons. The second-order valence-corrected chi connectivity index (χ2v) is 4.79. The van der Waals surface area contributed by atoms with Crippen LogP contribution in [-0.2, 0) is 9.53 Å². The highest BCUT2D eigenvalue weighted by molar-refractivity contribution is 5.84. The zero-order valence-corrected chi connectivity index (χ0v) is 11.3. The van der Waals surface area contributed by atoms with Crippen LogP contribution in [0.25, 0.3) is 11.1 Å². The first-order chi connectivity index (χ1) is 9.74. The Morgan fingerprint density at radius 1 is 1.35 bits per heavy atom. The van der Waals surface area contributed by atoms with Gasteiger partial charge in [-0.2, -0.15) is 4.98 Å². The van der Waals surface area contributed by atoms with E-state index in [0.717, 1.165) is 5.52 Å². The van der Waals surface area contributed by atoms with E-state index in [9.17, 15) is 4.79 Å². The summed E-state index contributed by atoms with van der Waals surface area (Å²) in [5, 5.41) is 3.02. The number of anilines is 1. The van der Waals surface area contributed by atoms with Gasteiger partial charge in [0, 0.05) is 13.1 Å². The summed E-state index contributed by atoms with van der Waals surface area (Å²) in [5.74, 6) is 0.0376. The molecule has 0 spiro atoms. The van der Waals surface area contributed by atoms with Crippen molar-refractivity contribution in [2.24, 2.45) is 0 Å². The number of morpholine rings is 1. The number of aromatic nitrogens is 1. The summed E-state index contributed by atoms with van der Waals surface area (Å²) >= 11 is 0. The van der Waals surface area contributed by atoms with Gasteiger partial charge >= 0.3 is 0 Å². The Kier molecular flexibility index (Phi) is 3.56. The normalized spacial score (nSPS) is 17.1. The molecule has 0 aliphatic carbocycles. The van der Waals surface area contributed by atoms with E-state index in [0.29, 0.717) is 37.9 Å². The highest BCUT2D eigenvalue weighted by atomic mass is 16.5. The van der Waals surface area contributed by atoms with Crippen LogP contribution in [0.3, 0.4) is 0 Å². The highest BCUT2D eigenvalue weighted by Crippen LogP contribution is 2.19. The maximum Gasteiger partial charge on any atom is 0.296 e. The van der Waals surface area contributed by atoms with Gasteiger partial charge in [-0.3, -0.25) is 4.79 Å². The average molecular weight is 275 g/mol. The average Bonchev–Trinajstić information content (AvgIpc) is 2.89. The number of hydrogen-bond donors (Lipinski definition) is 1. The second-order valence-electron chi connectivity index (χ2n) is 4.79. The lowest BCUT2D eigenvalue weighted by Crippen LogP contribution is -2.47. The van der Waals surface area contributed by atoms with Crippen molar-refractivity contribution >= 4 is 23.0 Å². The van der Waals surface area contributed by atoms with Crippen molar-refractivity contribution in [1.82, 2.24) is 9.88 Å². The molecule has 1 N–H and O–H groups in total. The molecule has 1 aliphatic heterocycles. The lowest BCUT2D eigenvalue weighted by Gasteiger charge is -2.29. The Bertz CT molecular complexity index is 571. The van der Waals surface area contributed by atoms with Crippen LogP contribution >= 0.6 is 0 Å². The van der Waals surface area contributed by atoms with Gasteiger partial charge in [0.2, 0.25) is 5.91 Å².